The van der Waals surface area contributed by atoms with E-state index in [4.69, 9.17) is 4.74 Å². The van der Waals surface area contributed by atoms with Gasteiger partial charge in [-0.25, -0.2) is 4.39 Å². The number of aliphatic hydroxyl groups is 1. The van der Waals surface area contributed by atoms with Gasteiger partial charge in [-0.3, -0.25) is 9.59 Å². The molecular weight excluding hydrogens is 363 g/mol. The van der Waals surface area contributed by atoms with Gasteiger partial charge in [-0.2, -0.15) is 0 Å². The van der Waals surface area contributed by atoms with Crippen LogP contribution in [-0.4, -0.2) is 53.7 Å². The topological polar surface area (TPSA) is 78.9 Å². The molecule has 1 aromatic carbocycles. The summed E-state index contributed by atoms with van der Waals surface area (Å²) in [4.78, 5) is 27.3. The van der Waals surface area contributed by atoms with E-state index >= 15 is 0 Å². The first-order valence-corrected chi connectivity index (χ1v) is 9.92. The zero-order chi connectivity index (χ0) is 20.7. The molecule has 1 aliphatic rings. The molecule has 156 valence electrons. The lowest BCUT2D eigenvalue weighted by Crippen LogP contribution is -2.53. The average molecular weight is 394 g/mol. The molecule has 2 rings (SSSR count). The van der Waals surface area contributed by atoms with Gasteiger partial charge in [0.25, 0.3) is 5.91 Å². The molecule has 0 bridgehead atoms. The Labute approximate surface area is 166 Å². The van der Waals surface area contributed by atoms with E-state index in [-0.39, 0.29) is 30.1 Å². The first kappa shape index (κ1) is 22.1. The van der Waals surface area contributed by atoms with Gasteiger partial charge in [0, 0.05) is 25.8 Å². The Morgan fingerprint density at radius 1 is 1.29 bits per heavy atom. The largest absolute Gasteiger partial charge is 0.481 e. The number of carbonyl (C=O) groups is 2. The number of nitrogens with zero attached hydrogens (tertiary/aromatic N) is 1. The number of carbonyl (C=O) groups excluding carboxylic acids is 2. The molecule has 1 fully saturated rings. The number of aliphatic hydroxyl groups excluding tert-OH is 1. The molecule has 1 aromatic rings. The average Bonchev–Trinajstić information content (AvgIpc) is 2.66. The molecule has 7 heteroatoms. The van der Waals surface area contributed by atoms with Crippen LogP contribution < -0.4 is 10.1 Å². The van der Waals surface area contributed by atoms with Gasteiger partial charge in [-0.05, 0) is 50.2 Å². The van der Waals surface area contributed by atoms with E-state index in [0.29, 0.717) is 19.5 Å². The predicted molar refractivity (Wildman–Crippen MR) is 104 cm³/mol. The monoisotopic (exact) mass is 394 g/mol. The highest BCUT2D eigenvalue weighted by atomic mass is 19.1. The molecule has 1 heterocycles. The lowest BCUT2D eigenvalue weighted by atomic mass is 9.96. The molecule has 6 nitrogen and oxygen atoms in total. The number of nitrogens with one attached hydrogen (secondary N) is 1. The Bertz CT molecular complexity index is 660. The highest BCUT2D eigenvalue weighted by molar-refractivity contribution is 5.89. The molecule has 0 spiro atoms. The highest BCUT2D eigenvalue weighted by Crippen LogP contribution is 2.19. The number of ether oxygens (including phenoxy) is 1. The number of hydrogen-bond acceptors (Lipinski definition) is 4. The second-order valence-corrected chi connectivity index (χ2v) is 7.86. The molecule has 0 radical (unpaired) electrons. The molecule has 2 atom stereocenters. The summed E-state index contributed by atoms with van der Waals surface area (Å²) in [6, 6.07) is 4.98. The van der Waals surface area contributed by atoms with Crippen molar-refractivity contribution < 1.29 is 23.8 Å². The quantitative estimate of drug-likeness (QED) is 0.709. The summed E-state index contributed by atoms with van der Waals surface area (Å²) in [7, 11) is 0. The molecule has 1 aliphatic heterocycles. The lowest BCUT2D eigenvalue weighted by molar-refractivity contribution is -0.139. The molecule has 28 heavy (non-hydrogen) atoms. The van der Waals surface area contributed by atoms with Crippen LogP contribution in [-0.2, 0) is 9.59 Å². The molecule has 0 saturated carbocycles. The van der Waals surface area contributed by atoms with Crippen LogP contribution in [0.25, 0.3) is 0 Å². The van der Waals surface area contributed by atoms with Crippen molar-refractivity contribution in [1.29, 1.82) is 0 Å². The third kappa shape index (κ3) is 6.48. The Morgan fingerprint density at radius 3 is 2.54 bits per heavy atom. The van der Waals surface area contributed by atoms with E-state index in [0.717, 1.165) is 12.8 Å². The van der Waals surface area contributed by atoms with E-state index in [1.807, 2.05) is 13.8 Å². The predicted octanol–water partition coefficient (Wildman–Crippen LogP) is 2.35. The molecule has 0 aliphatic carbocycles. The SMILES string of the molecule is CC(C)C[C@@H](NC(=O)[C@@H](C)Oc1cccc(F)c1)C(=O)N1CCC(CO)CC1. The molecular formula is C21H31FN2O4. The summed E-state index contributed by atoms with van der Waals surface area (Å²) >= 11 is 0. The molecule has 2 amide bonds. The zero-order valence-corrected chi connectivity index (χ0v) is 16.9. The second kappa shape index (κ2) is 10.4. The van der Waals surface area contributed by atoms with Crippen molar-refractivity contribution in [1.82, 2.24) is 10.2 Å². The van der Waals surface area contributed by atoms with E-state index in [2.05, 4.69) is 5.32 Å². The smallest absolute Gasteiger partial charge is 0.261 e. The van der Waals surface area contributed by atoms with Gasteiger partial charge in [0.2, 0.25) is 5.91 Å². The Balaban J connectivity index is 1.98. The van der Waals surface area contributed by atoms with Crippen LogP contribution in [0.15, 0.2) is 24.3 Å². The van der Waals surface area contributed by atoms with Gasteiger partial charge in [0.1, 0.15) is 17.6 Å². The van der Waals surface area contributed by atoms with E-state index in [9.17, 15) is 19.1 Å². The summed E-state index contributed by atoms with van der Waals surface area (Å²) in [6.07, 6.45) is 1.20. The van der Waals surface area contributed by atoms with Crippen LogP contribution in [0.5, 0.6) is 5.75 Å². The standard InChI is InChI=1S/C21H31FN2O4/c1-14(2)11-19(21(27)24-9-7-16(13-25)8-10-24)23-20(26)15(3)28-18-6-4-5-17(22)12-18/h4-6,12,14-16,19,25H,7-11,13H2,1-3H3,(H,23,26)/t15-,19-/m1/s1. The zero-order valence-electron chi connectivity index (χ0n) is 16.9. The van der Waals surface area contributed by atoms with E-state index in [1.165, 1.54) is 18.2 Å². The van der Waals surface area contributed by atoms with Gasteiger partial charge in [-0.15, -0.1) is 0 Å². The number of benzene rings is 1. The maximum atomic E-state index is 13.3. The third-order valence-corrected chi connectivity index (χ3v) is 4.98. The summed E-state index contributed by atoms with van der Waals surface area (Å²) in [5.41, 5.74) is 0. The van der Waals surface area contributed by atoms with Crippen molar-refractivity contribution in [2.24, 2.45) is 11.8 Å². The van der Waals surface area contributed by atoms with Gasteiger partial charge < -0.3 is 20.1 Å². The Morgan fingerprint density at radius 2 is 1.96 bits per heavy atom. The van der Waals surface area contributed by atoms with Crippen LogP contribution in [0.1, 0.15) is 40.0 Å². The number of halogens is 1. The number of piperidine rings is 1. The molecule has 0 aromatic heterocycles. The summed E-state index contributed by atoms with van der Waals surface area (Å²) < 4.78 is 18.8. The van der Waals surface area contributed by atoms with Crippen LogP contribution in [0, 0.1) is 17.7 Å². The summed E-state index contributed by atoms with van der Waals surface area (Å²) in [5, 5.41) is 12.1. The van der Waals surface area contributed by atoms with Crippen molar-refractivity contribution in [2.75, 3.05) is 19.7 Å². The maximum absolute atomic E-state index is 13.3. The number of rotatable bonds is 8. The van der Waals surface area contributed by atoms with Crippen molar-refractivity contribution in [3.8, 4) is 5.75 Å². The van der Waals surface area contributed by atoms with Gasteiger partial charge >= 0.3 is 0 Å². The van der Waals surface area contributed by atoms with Gasteiger partial charge in [-0.1, -0.05) is 19.9 Å². The first-order valence-electron chi connectivity index (χ1n) is 9.92. The fraction of sp³-hybridized carbons (Fsp3) is 0.619. The van der Waals surface area contributed by atoms with E-state index in [1.54, 1.807) is 17.9 Å². The minimum Gasteiger partial charge on any atom is -0.481 e. The third-order valence-electron chi connectivity index (χ3n) is 4.98. The summed E-state index contributed by atoms with van der Waals surface area (Å²) in [6.45, 7) is 6.88. The van der Waals surface area contributed by atoms with Crippen LogP contribution in [0.2, 0.25) is 0 Å². The molecule has 2 N–H and O–H groups in total. The van der Waals surface area contributed by atoms with Crippen molar-refractivity contribution in [2.45, 2.75) is 52.2 Å². The van der Waals surface area contributed by atoms with Gasteiger partial charge in [0.15, 0.2) is 6.10 Å². The fourth-order valence-corrected chi connectivity index (χ4v) is 3.34. The fourth-order valence-electron chi connectivity index (χ4n) is 3.34. The molecule has 0 unspecified atom stereocenters. The maximum Gasteiger partial charge on any atom is 0.261 e. The van der Waals surface area contributed by atoms with Gasteiger partial charge in [0.05, 0.1) is 0 Å². The second-order valence-electron chi connectivity index (χ2n) is 7.86. The van der Waals surface area contributed by atoms with Crippen LogP contribution in [0.3, 0.4) is 0 Å². The summed E-state index contributed by atoms with van der Waals surface area (Å²) in [5.74, 6) is -0.222. The van der Waals surface area contributed by atoms with E-state index < -0.39 is 23.9 Å². The minimum absolute atomic E-state index is 0.101. The molecule has 1 saturated heterocycles. The Kier molecular flexibility index (Phi) is 8.23. The number of likely N-dealkylation sites (tertiary alicyclic amines) is 1. The van der Waals surface area contributed by atoms with Crippen LogP contribution in [0.4, 0.5) is 4.39 Å². The minimum atomic E-state index is -0.857. The van der Waals surface area contributed by atoms with Crippen molar-refractivity contribution in [3.63, 3.8) is 0 Å². The Hall–Kier alpha value is -2.15. The van der Waals surface area contributed by atoms with Crippen molar-refractivity contribution in [3.05, 3.63) is 30.1 Å². The number of amides is 2. The lowest BCUT2D eigenvalue weighted by Gasteiger charge is -2.34. The normalized spacial score (nSPS) is 17.3. The van der Waals surface area contributed by atoms with Crippen LogP contribution >= 0.6 is 0 Å². The highest BCUT2D eigenvalue weighted by Gasteiger charge is 2.31. The van der Waals surface area contributed by atoms with Crippen molar-refractivity contribution >= 4 is 11.8 Å². The first-order chi connectivity index (χ1) is 13.3. The number of hydrogen-bond donors (Lipinski definition) is 2.